The summed E-state index contributed by atoms with van der Waals surface area (Å²) in [6.07, 6.45) is 0. The Morgan fingerprint density at radius 3 is 2.32 bits per heavy atom. The van der Waals surface area contributed by atoms with Crippen molar-refractivity contribution in [1.29, 1.82) is 0 Å². The van der Waals surface area contributed by atoms with Gasteiger partial charge in [0.2, 0.25) is 15.9 Å². The van der Waals surface area contributed by atoms with Crippen molar-refractivity contribution in [2.24, 2.45) is 5.92 Å². The number of rotatable bonds is 10. The zero-order valence-corrected chi connectivity index (χ0v) is 19.9. The molecule has 0 bridgehead atoms. The second-order valence-corrected chi connectivity index (χ2v) is 9.21. The zero-order chi connectivity index (χ0) is 25.5. The lowest BCUT2D eigenvalue weighted by atomic mass is 10.1. The molecule has 1 atom stereocenters. The fraction of sp³-hybridized carbons (Fsp3) is 0.318. The zero-order valence-electron chi connectivity index (χ0n) is 19.0. The second-order valence-electron chi connectivity index (χ2n) is 7.53. The van der Waals surface area contributed by atoms with Crippen LogP contribution < -0.4 is 20.1 Å². The Morgan fingerprint density at radius 1 is 1.06 bits per heavy atom. The van der Waals surface area contributed by atoms with Crippen LogP contribution in [0.3, 0.4) is 0 Å². The smallest absolute Gasteiger partial charge is 0.324 e. The van der Waals surface area contributed by atoms with Crippen molar-refractivity contribution in [3.05, 3.63) is 48.3 Å². The first-order chi connectivity index (χ1) is 15.9. The van der Waals surface area contributed by atoms with Gasteiger partial charge in [0.1, 0.15) is 22.5 Å². The van der Waals surface area contributed by atoms with Crippen LogP contribution in [-0.4, -0.2) is 46.0 Å². The summed E-state index contributed by atoms with van der Waals surface area (Å²) in [6.45, 7) is 3.73. The normalized spacial score (nSPS) is 12.1. The summed E-state index contributed by atoms with van der Waals surface area (Å²) < 4.78 is 51.3. The summed E-state index contributed by atoms with van der Waals surface area (Å²) in [4.78, 5) is 35.5. The van der Waals surface area contributed by atoms with E-state index in [1.54, 1.807) is 19.9 Å². The number of anilines is 2. The highest BCUT2D eigenvalue weighted by Gasteiger charge is 2.31. The highest BCUT2D eigenvalue weighted by atomic mass is 32.2. The van der Waals surface area contributed by atoms with Gasteiger partial charge in [0, 0.05) is 12.6 Å². The lowest BCUT2D eigenvalue weighted by Crippen LogP contribution is -2.46. The van der Waals surface area contributed by atoms with Gasteiger partial charge in [-0.15, -0.1) is 0 Å². The molecule has 0 saturated heterocycles. The third-order valence-electron chi connectivity index (χ3n) is 4.47. The number of sulfonamides is 1. The monoisotopic (exact) mass is 495 g/mol. The first kappa shape index (κ1) is 26.7. The van der Waals surface area contributed by atoms with Gasteiger partial charge in [0.25, 0.3) is 5.91 Å². The maximum absolute atomic E-state index is 13.9. The number of methoxy groups -OCH3 is 1. The standard InChI is InChI=1S/C22H26FN3O7S/c1-13(2)21(26-34(30,31)19-8-6-5-7-16(19)23)22(29)33-12-20(28)25-17-11-15(24-14(3)27)9-10-18(17)32-4/h5-11,13,21,26H,12H2,1-4H3,(H,24,27)(H,25,28)/t21-/m0/s1. The number of carbonyl (C=O) groups excluding carboxylic acids is 3. The first-order valence-corrected chi connectivity index (χ1v) is 11.6. The van der Waals surface area contributed by atoms with E-state index in [2.05, 4.69) is 15.4 Å². The minimum absolute atomic E-state index is 0.218. The molecular formula is C22H26FN3O7S. The van der Waals surface area contributed by atoms with Gasteiger partial charge in [-0.2, -0.15) is 4.72 Å². The van der Waals surface area contributed by atoms with Gasteiger partial charge in [0.15, 0.2) is 6.61 Å². The highest BCUT2D eigenvalue weighted by Crippen LogP contribution is 2.28. The Hall–Kier alpha value is -3.51. The number of esters is 1. The van der Waals surface area contributed by atoms with Gasteiger partial charge < -0.3 is 20.1 Å². The molecule has 0 saturated carbocycles. The fourth-order valence-corrected chi connectivity index (χ4v) is 4.26. The lowest BCUT2D eigenvalue weighted by Gasteiger charge is -2.21. The molecule has 0 fully saturated rings. The summed E-state index contributed by atoms with van der Waals surface area (Å²) in [5.74, 6) is -3.29. The van der Waals surface area contributed by atoms with E-state index in [4.69, 9.17) is 9.47 Å². The molecular weight excluding hydrogens is 469 g/mol. The van der Waals surface area contributed by atoms with Crippen LogP contribution in [0.2, 0.25) is 0 Å². The molecule has 0 spiro atoms. The van der Waals surface area contributed by atoms with Crippen LogP contribution in [0.4, 0.5) is 15.8 Å². The van der Waals surface area contributed by atoms with E-state index >= 15 is 0 Å². The average molecular weight is 496 g/mol. The maximum atomic E-state index is 13.9. The molecule has 0 radical (unpaired) electrons. The third kappa shape index (κ3) is 7.25. The van der Waals surface area contributed by atoms with Crippen LogP contribution in [0.25, 0.3) is 0 Å². The maximum Gasteiger partial charge on any atom is 0.324 e. The van der Waals surface area contributed by atoms with Crippen molar-refractivity contribution in [2.75, 3.05) is 24.4 Å². The van der Waals surface area contributed by atoms with Gasteiger partial charge in [-0.1, -0.05) is 26.0 Å². The van der Waals surface area contributed by atoms with Gasteiger partial charge in [-0.3, -0.25) is 14.4 Å². The van der Waals surface area contributed by atoms with Gasteiger partial charge in [0.05, 0.1) is 12.8 Å². The molecule has 2 aromatic rings. The van der Waals surface area contributed by atoms with E-state index in [9.17, 15) is 27.2 Å². The van der Waals surface area contributed by atoms with Crippen molar-refractivity contribution in [3.63, 3.8) is 0 Å². The Kier molecular flexibility index (Phi) is 9.10. The number of ether oxygens (including phenoxy) is 2. The molecule has 0 aliphatic heterocycles. The number of halogens is 1. The Morgan fingerprint density at radius 2 is 1.74 bits per heavy atom. The molecule has 0 unspecified atom stereocenters. The third-order valence-corrected chi connectivity index (χ3v) is 5.94. The largest absolute Gasteiger partial charge is 0.495 e. The van der Waals surface area contributed by atoms with Crippen molar-refractivity contribution >= 4 is 39.2 Å². The summed E-state index contributed by atoms with van der Waals surface area (Å²) in [7, 11) is -2.98. The molecule has 34 heavy (non-hydrogen) atoms. The quantitative estimate of drug-likeness (QED) is 0.430. The SMILES string of the molecule is COc1ccc(NC(C)=O)cc1NC(=O)COC(=O)[C@@H](NS(=O)(=O)c1ccccc1F)C(C)C. The summed E-state index contributed by atoms with van der Waals surface area (Å²) in [5.41, 5.74) is 0.624. The fourth-order valence-electron chi connectivity index (χ4n) is 2.85. The summed E-state index contributed by atoms with van der Waals surface area (Å²) >= 11 is 0. The van der Waals surface area contributed by atoms with Crippen LogP contribution in [0, 0.1) is 11.7 Å². The molecule has 0 heterocycles. The molecule has 0 aliphatic carbocycles. The number of benzene rings is 2. The number of carbonyl (C=O) groups is 3. The predicted octanol–water partition coefficient (Wildman–Crippen LogP) is 2.28. The Bertz CT molecular complexity index is 1170. The second kappa shape index (κ2) is 11.6. The van der Waals surface area contributed by atoms with E-state index in [1.165, 1.54) is 38.3 Å². The van der Waals surface area contributed by atoms with Crippen molar-refractivity contribution < 1.29 is 36.7 Å². The highest BCUT2D eigenvalue weighted by molar-refractivity contribution is 7.89. The molecule has 12 heteroatoms. The molecule has 2 amide bonds. The minimum atomic E-state index is -4.37. The van der Waals surface area contributed by atoms with E-state index in [-0.39, 0.29) is 11.6 Å². The Labute approximate surface area is 196 Å². The van der Waals surface area contributed by atoms with E-state index < -0.39 is 51.2 Å². The van der Waals surface area contributed by atoms with Crippen LogP contribution >= 0.6 is 0 Å². The summed E-state index contributed by atoms with van der Waals surface area (Å²) in [6, 6.07) is 7.92. The van der Waals surface area contributed by atoms with Crippen LogP contribution in [0.15, 0.2) is 47.4 Å². The van der Waals surface area contributed by atoms with Crippen LogP contribution in [-0.2, 0) is 29.1 Å². The minimum Gasteiger partial charge on any atom is -0.495 e. The predicted molar refractivity (Wildman–Crippen MR) is 122 cm³/mol. The van der Waals surface area contributed by atoms with Crippen LogP contribution in [0.1, 0.15) is 20.8 Å². The topological polar surface area (TPSA) is 140 Å². The first-order valence-electron chi connectivity index (χ1n) is 10.1. The molecule has 0 aliphatic rings. The molecule has 0 aromatic heterocycles. The number of hydrogen-bond donors (Lipinski definition) is 3. The lowest BCUT2D eigenvalue weighted by molar-refractivity contribution is -0.150. The van der Waals surface area contributed by atoms with Gasteiger partial charge in [-0.05, 0) is 36.2 Å². The average Bonchev–Trinajstić information content (AvgIpc) is 2.75. The van der Waals surface area contributed by atoms with Crippen molar-refractivity contribution in [3.8, 4) is 5.75 Å². The van der Waals surface area contributed by atoms with Gasteiger partial charge in [-0.25, -0.2) is 12.8 Å². The van der Waals surface area contributed by atoms with E-state index in [0.29, 0.717) is 11.4 Å². The molecule has 3 N–H and O–H groups in total. The van der Waals surface area contributed by atoms with Crippen molar-refractivity contribution in [2.45, 2.75) is 31.7 Å². The van der Waals surface area contributed by atoms with Gasteiger partial charge >= 0.3 is 5.97 Å². The molecule has 2 rings (SSSR count). The molecule has 10 nitrogen and oxygen atoms in total. The number of amides is 2. The number of hydrogen-bond acceptors (Lipinski definition) is 7. The summed E-state index contributed by atoms with van der Waals surface area (Å²) in [5, 5.41) is 5.06. The van der Waals surface area contributed by atoms with E-state index in [0.717, 1.165) is 12.1 Å². The van der Waals surface area contributed by atoms with Crippen molar-refractivity contribution in [1.82, 2.24) is 4.72 Å². The van der Waals surface area contributed by atoms with Crippen LogP contribution in [0.5, 0.6) is 5.75 Å². The molecule has 2 aromatic carbocycles. The van der Waals surface area contributed by atoms with E-state index in [1.807, 2.05) is 0 Å². The molecule has 184 valence electrons. The Balaban J connectivity index is 2.07. The number of nitrogens with one attached hydrogen (secondary N) is 3.